The first-order valence-electron chi connectivity index (χ1n) is 5.99. The molecule has 1 unspecified atom stereocenters. The Morgan fingerprint density at radius 2 is 2.12 bits per heavy atom. The van der Waals surface area contributed by atoms with Crippen LogP contribution in [-0.2, 0) is 4.79 Å². The van der Waals surface area contributed by atoms with Gasteiger partial charge in [-0.1, -0.05) is 13.3 Å². The Hall–Kier alpha value is -0.750. The zero-order chi connectivity index (χ0) is 13.3. The Balaban J connectivity index is 4.02. The van der Waals surface area contributed by atoms with Crippen LogP contribution in [0.25, 0.3) is 0 Å². The summed E-state index contributed by atoms with van der Waals surface area (Å²) in [6.07, 6.45) is -0.579. The van der Waals surface area contributed by atoms with E-state index in [2.05, 4.69) is 5.32 Å². The molecule has 0 fully saturated rings. The number of hydrogen-bond donors (Lipinski definition) is 2. The van der Waals surface area contributed by atoms with E-state index in [0.29, 0.717) is 6.54 Å². The van der Waals surface area contributed by atoms with Crippen molar-refractivity contribution >= 4 is 5.91 Å². The van der Waals surface area contributed by atoms with E-state index < -0.39 is 13.0 Å². The van der Waals surface area contributed by atoms with Crippen molar-refractivity contribution in [3.05, 3.63) is 0 Å². The van der Waals surface area contributed by atoms with Crippen LogP contribution in [0.15, 0.2) is 0 Å². The number of nitrogens with two attached hydrogens (primary N) is 1. The van der Waals surface area contributed by atoms with Gasteiger partial charge in [0.2, 0.25) is 5.91 Å². The zero-order valence-corrected chi connectivity index (χ0v) is 10.6. The van der Waals surface area contributed by atoms with Gasteiger partial charge in [0.25, 0.3) is 6.43 Å². The van der Waals surface area contributed by atoms with E-state index in [4.69, 9.17) is 5.73 Å². The maximum Gasteiger partial charge on any atom is 0.251 e. The van der Waals surface area contributed by atoms with Crippen LogP contribution in [0, 0.1) is 0 Å². The van der Waals surface area contributed by atoms with Crippen LogP contribution in [0.1, 0.15) is 26.7 Å². The third kappa shape index (κ3) is 9.00. The quantitative estimate of drug-likeness (QED) is 0.638. The van der Waals surface area contributed by atoms with Gasteiger partial charge in [-0.05, 0) is 13.3 Å². The average Bonchev–Trinajstić information content (AvgIpc) is 2.16. The van der Waals surface area contributed by atoms with Crippen molar-refractivity contribution in [2.75, 3.05) is 26.2 Å². The maximum atomic E-state index is 12.2. The number of rotatable bonds is 9. The molecule has 3 N–H and O–H groups in total. The Bertz CT molecular complexity index is 215. The molecule has 0 bridgehead atoms. The predicted octanol–water partition coefficient (Wildman–Crippen LogP) is 0.817. The molecule has 0 aromatic carbocycles. The van der Waals surface area contributed by atoms with Gasteiger partial charge in [-0.15, -0.1) is 0 Å². The topological polar surface area (TPSA) is 58.4 Å². The molecule has 17 heavy (non-hydrogen) atoms. The summed E-state index contributed by atoms with van der Waals surface area (Å²) in [6, 6.07) is 0.0822. The molecule has 0 aliphatic carbocycles. The molecular weight excluding hydrogens is 228 g/mol. The lowest BCUT2D eigenvalue weighted by molar-refractivity contribution is -0.123. The highest BCUT2D eigenvalue weighted by molar-refractivity contribution is 5.78. The monoisotopic (exact) mass is 251 g/mol. The van der Waals surface area contributed by atoms with E-state index >= 15 is 0 Å². The minimum absolute atomic E-state index is 0.0183. The van der Waals surface area contributed by atoms with E-state index in [-0.39, 0.29) is 25.0 Å². The number of carbonyl (C=O) groups excluding carboxylic acids is 1. The number of nitrogens with one attached hydrogen (secondary N) is 1. The highest BCUT2D eigenvalue weighted by Gasteiger charge is 2.15. The van der Waals surface area contributed by atoms with Crippen molar-refractivity contribution in [2.45, 2.75) is 39.2 Å². The Kier molecular flexibility index (Phi) is 8.89. The second kappa shape index (κ2) is 9.30. The van der Waals surface area contributed by atoms with Gasteiger partial charge in [-0.25, -0.2) is 8.78 Å². The minimum Gasteiger partial charge on any atom is -0.353 e. The van der Waals surface area contributed by atoms with Gasteiger partial charge >= 0.3 is 0 Å². The SMILES string of the molecule is CCCC(C)NC(=O)CN(CCN)CC(F)F. The lowest BCUT2D eigenvalue weighted by Crippen LogP contribution is -2.44. The second-order valence-electron chi connectivity index (χ2n) is 4.17. The van der Waals surface area contributed by atoms with Crippen LogP contribution < -0.4 is 11.1 Å². The Labute approximate surface area is 102 Å². The smallest absolute Gasteiger partial charge is 0.251 e. The lowest BCUT2D eigenvalue weighted by Gasteiger charge is -2.21. The second-order valence-corrected chi connectivity index (χ2v) is 4.17. The molecule has 0 aliphatic heterocycles. The van der Waals surface area contributed by atoms with Crippen LogP contribution in [0.2, 0.25) is 0 Å². The number of nitrogens with zero attached hydrogens (tertiary/aromatic N) is 1. The maximum absolute atomic E-state index is 12.2. The highest BCUT2D eigenvalue weighted by atomic mass is 19.3. The molecule has 1 atom stereocenters. The molecule has 4 nitrogen and oxygen atoms in total. The molecule has 1 amide bonds. The van der Waals surface area contributed by atoms with E-state index in [1.807, 2.05) is 13.8 Å². The first-order valence-corrected chi connectivity index (χ1v) is 5.99. The van der Waals surface area contributed by atoms with Crippen molar-refractivity contribution in [1.82, 2.24) is 10.2 Å². The molecule has 6 heteroatoms. The number of alkyl halides is 2. The van der Waals surface area contributed by atoms with Crippen molar-refractivity contribution in [3.63, 3.8) is 0 Å². The van der Waals surface area contributed by atoms with Gasteiger partial charge in [-0.3, -0.25) is 9.69 Å². The van der Waals surface area contributed by atoms with Crippen LogP contribution in [0.3, 0.4) is 0 Å². The van der Waals surface area contributed by atoms with Gasteiger partial charge < -0.3 is 11.1 Å². The molecule has 0 radical (unpaired) electrons. The summed E-state index contributed by atoms with van der Waals surface area (Å²) in [4.78, 5) is 12.9. The Morgan fingerprint density at radius 1 is 1.47 bits per heavy atom. The molecule has 0 aliphatic rings. The molecular formula is C11H23F2N3O. The molecule has 0 heterocycles. The molecule has 102 valence electrons. The first kappa shape index (κ1) is 16.2. The summed E-state index contributed by atoms with van der Waals surface area (Å²) in [5.41, 5.74) is 5.31. The molecule has 0 spiro atoms. The number of halogens is 2. The summed E-state index contributed by atoms with van der Waals surface area (Å²) < 4.78 is 24.5. The van der Waals surface area contributed by atoms with Gasteiger partial charge in [-0.2, -0.15) is 0 Å². The van der Waals surface area contributed by atoms with Crippen LogP contribution >= 0.6 is 0 Å². The van der Waals surface area contributed by atoms with Crippen LogP contribution in [0.5, 0.6) is 0 Å². The lowest BCUT2D eigenvalue weighted by atomic mass is 10.2. The summed E-state index contributed by atoms with van der Waals surface area (Å²) in [7, 11) is 0. The van der Waals surface area contributed by atoms with E-state index in [0.717, 1.165) is 12.8 Å². The normalized spacial score (nSPS) is 13.1. The van der Waals surface area contributed by atoms with Crippen LogP contribution in [0.4, 0.5) is 8.78 Å². The fourth-order valence-corrected chi connectivity index (χ4v) is 1.64. The third-order valence-corrected chi connectivity index (χ3v) is 2.34. The van der Waals surface area contributed by atoms with Crippen molar-refractivity contribution in [3.8, 4) is 0 Å². The van der Waals surface area contributed by atoms with Gasteiger partial charge in [0.1, 0.15) is 0 Å². The summed E-state index contributed by atoms with van der Waals surface area (Å²) in [5, 5.41) is 2.78. The molecule has 0 saturated heterocycles. The first-order chi connectivity index (χ1) is 7.99. The van der Waals surface area contributed by atoms with Gasteiger partial charge in [0.05, 0.1) is 13.1 Å². The van der Waals surface area contributed by atoms with Crippen molar-refractivity contribution < 1.29 is 13.6 Å². The highest BCUT2D eigenvalue weighted by Crippen LogP contribution is 1.99. The number of amides is 1. The molecule has 0 aromatic heterocycles. The van der Waals surface area contributed by atoms with Gasteiger partial charge in [0.15, 0.2) is 0 Å². The van der Waals surface area contributed by atoms with Crippen molar-refractivity contribution in [2.24, 2.45) is 5.73 Å². The summed E-state index contributed by atoms with van der Waals surface area (Å²) in [5.74, 6) is -0.222. The predicted molar refractivity (Wildman–Crippen MR) is 64.0 cm³/mol. The zero-order valence-electron chi connectivity index (χ0n) is 10.6. The summed E-state index contributed by atoms with van der Waals surface area (Å²) in [6.45, 7) is 4.08. The van der Waals surface area contributed by atoms with Crippen molar-refractivity contribution in [1.29, 1.82) is 0 Å². The van der Waals surface area contributed by atoms with E-state index in [9.17, 15) is 13.6 Å². The number of carbonyl (C=O) groups is 1. The minimum atomic E-state index is -2.44. The van der Waals surface area contributed by atoms with E-state index in [1.54, 1.807) is 0 Å². The molecule has 0 rings (SSSR count). The van der Waals surface area contributed by atoms with Crippen LogP contribution in [-0.4, -0.2) is 49.5 Å². The largest absolute Gasteiger partial charge is 0.353 e. The van der Waals surface area contributed by atoms with E-state index in [1.165, 1.54) is 4.90 Å². The number of hydrogen-bond acceptors (Lipinski definition) is 3. The fourth-order valence-electron chi connectivity index (χ4n) is 1.64. The summed E-state index contributed by atoms with van der Waals surface area (Å²) >= 11 is 0. The fraction of sp³-hybridized carbons (Fsp3) is 0.909. The third-order valence-electron chi connectivity index (χ3n) is 2.34. The average molecular weight is 251 g/mol. The molecule has 0 saturated carbocycles. The Morgan fingerprint density at radius 3 is 2.59 bits per heavy atom. The standard InChI is InChI=1S/C11H23F2N3O/c1-3-4-9(2)15-11(17)8-16(6-5-14)7-10(12)13/h9-10H,3-8,14H2,1-2H3,(H,15,17). The van der Waals surface area contributed by atoms with Gasteiger partial charge in [0, 0.05) is 19.1 Å². The molecule has 0 aromatic rings.